The lowest BCUT2D eigenvalue weighted by atomic mass is 10.1. The molecule has 0 spiro atoms. The Hall–Kier alpha value is -2.19. The number of piperidine rings is 1. The van der Waals surface area contributed by atoms with Crippen LogP contribution in [0.5, 0.6) is 0 Å². The van der Waals surface area contributed by atoms with E-state index in [-0.39, 0.29) is 4.90 Å². The molecule has 0 unspecified atom stereocenters. The second kappa shape index (κ2) is 7.79. The average Bonchev–Trinajstić information content (AvgIpc) is 2.62. The first kappa shape index (κ1) is 17.6. The third-order valence-electron chi connectivity index (χ3n) is 4.30. The normalized spacial score (nSPS) is 15.2. The fraction of sp³-hybridized carbons (Fsp3) is 0.412. The number of hydrogen-bond acceptors (Lipinski definition) is 6. The molecule has 0 saturated carbocycles. The number of sulfonamides is 1. The minimum Gasteiger partial charge on any atom is -0.370 e. The zero-order valence-corrected chi connectivity index (χ0v) is 14.9. The lowest BCUT2D eigenvalue weighted by Crippen LogP contribution is -2.30. The molecule has 0 bridgehead atoms. The summed E-state index contributed by atoms with van der Waals surface area (Å²) in [6.45, 7) is 2.80. The van der Waals surface area contributed by atoms with Gasteiger partial charge >= 0.3 is 0 Å². The van der Waals surface area contributed by atoms with Gasteiger partial charge in [0, 0.05) is 25.7 Å². The van der Waals surface area contributed by atoms with Crippen LogP contribution in [0.25, 0.3) is 0 Å². The first-order valence-electron chi connectivity index (χ1n) is 8.45. The van der Waals surface area contributed by atoms with Gasteiger partial charge in [-0.15, -0.1) is 0 Å². The maximum absolute atomic E-state index is 11.3. The molecule has 7 nitrogen and oxygen atoms in total. The molecular formula is C17H23N5O2S. The Morgan fingerprint density at radius 3 is 2.48 bits per heavy atom. The summed E-state index contributed by atoms with van der Waals surface area (Å²) >= 11 is 0. The molecule has 1 aromatic carbocycles. The van der Waals surface area contributed by atoms with E-state index < -0.39 is 10.0 Å². The molecule has 134 valence electrons. The molecule has 0 amide bonds. The summed E-state index contributed by atoms with van der Waals surface area (Å²) in [5.74, 6) is 1.77. The molecule has 1 saturated heterocycles. The van der Waals surface area contributed by atoms with Gasteiger partial charge in [-0.05, 0) is 43.4 Å². The maximum Gasteiger partial charge on any atom is 0.238 e. The summed E-state index contributed by atoms with van der Waals surface area (Å²) in [5, 5.41) is 8.40. The molecule has 3 rings (SSSR count). The third-order valence-corrected chi connectivity index (χ3v) is 5.23. The Balaban J connectivity index is 1.55. The van der Waals surface area contributed by atoms with Crippen molar-refractivity contribution in [3.63, 3.8) is 0 Å². The fourth-order valence-electron chi connectivity index (χ4n) is 2.92. The SMILES string of the molecule is NS(=O)(=O)c1ccc(CCNc2cc(N3CCCCC3)ncn2)cc1. The van der Waals surface area contributed by atoms with Gasteiger partial charge in [-0.2, -0.15) is 0 Å². The smallest absolute Gasteiger partial charge is 0.238 e. The maximum atomic E-state index is 11.3. The van der Waals surface area contributed by atoms with Crippen LogP contribution in [0.15, 0.2) is 41.6 Å². The van der Waals surface area contributed by atoms with Crippen molar-refractivity contribution < 1.29 is 8.42 Å². The number of primary sulfonamides is 1. The quantitative estimate of drug-likeness (QED) is 0.813. The van der Waals surface area contributed by atoms with Crippen LogP contribution in [-0.4, -0.2) is 38.0 Å². The van der Waals surface area contributed by atoms with Crippen molar-refractivity contribution in [3.05, 3.63) is 42.2 Å². The van der Waals surface area contributed by atoms with Gasteiger partial charge < -0.3 is 10.2 Å². The van der Waals surface area contributed by atoms with Gasteiger partial charge in [-0.25, -0.2) is 23.5 Å². The zero-order valence-electron chi connectivity index (χ0n) is 14.1. The first-order valence-corrected chi connectivity index (χ1v) is 9.99. The van der Waals surface area contributed by atoms with Crippen LogP contribution in [0.4, 0.5) is 11.6 Å². The molecule has 1 aromatic heterocycles. The molecule has 1 fully saturated rings. The molecule has 0 radical (unpaired) electrons. The standard InChI is InChI=1S/C17H23N5O2S/c18-25(23,24)15-6-4-14(5-7-15)8-9-19-16-12-17(21-13-20-16)22-10-2-1-3-11-22/h4-7,12-13H,1-3,8-11H2,(H2,18,23,24)(H,19,20,21). The van der Waals surface area contributed by atoms with Gasteiger partial charge in [0.25, 0.3) is 0 Å². The highest BCUT2D eigenvalue weighted by Gasteiger charge is 2.12. The zero-order chi connectivity index (χ0) is 17.7. The number of nitrogens with one attached hydrogen (secondary N) is 1. The van der Waals surface area contributed by atoms with Crippen molar-refractivity contribution in [1.82, 2.24) is 9.97 Å². The van der Waals surface area contributed by atoms with E-state index in [1.165, 1.54) is 31.4 Å². The Bertz CT molecular complexity index is 802. The van der Waals surface area contributed by atoms with Gasteiger partial charge in [0.15, 0.2) is 0 Å². The number of benzene rings is 1. The van der Waals surface area contributed by atoms with Crippen LogP contribution in [0.1, 0.15) is 24.8 Å². The van der Waals surface area contributed by atoms with Crippen molar-refractivity contribution in [3.8, 4) is 0 Å². The Morgan fingerprint density at radius 2 is 1.80 bits per heavy atom. The molecule has 1 aliphatic rings. The number of anilines is 2. The monoisotopic (exact) mass is 361 g/mol. The fourth-order valence-corrected chi connectivity index (χ4v) is 3.44. The highest BCUT2D eigenvalue weighted by atomic mass is 32.2. The van der Waals surface area contributed by atoms with E-state index in [9.17, 15) is 8.42 Å². The third kappa shape index (κ3) is 4.90. The molecule has 2 aromatic rings. The number of rotatable bonds is 6. The van der Waals surface area contributed by atoms with Crippen LogP contribution < -0.4 is 15.4 Å². The average molecular weight is 361 g/mol. The minimum absolute atomic E-state index is 0.131. The predicted octanol–water partition coefficient (Wildman–Crippen LogP) is 1.77. The molecule has 2 heterocycles. The second-order valence-corrected chi connectivity index (χ2v) is 7.74. The summed E-state index contributed by atoms with van der Waals surface area (Å²) in [6.07, 6.45) is 6.06. The number of nitrogens with two attached hydrogens (primary N) is 1. The number of aromatic nitrogens is 2. The largest absolute Gasteiger partial charge is 0.370 e. The summed E-state index contributed by atoms with van der Waals surface area (Å²) in [4.78, 5) is 11.1. The number of nitrogens with zero attached hydrogens (tertiary/aromatic N) is 3. The van der Waals surface area contributed by atoms with Crippen molar-refractivity contribution in [2.45, 2.75) is 30.6 Å². The molecule has 25 heavy (non-hydrogen) atoms. The van der Waals surface area contributed by atoms with Crippen molar-refractivity contribution >= 4 is 21.7 Å². The van der Waals surface area contributed by atoms with Crippen LogP contribution >= 0.6 is 0 Å². The Morgan fingerprint density at radius 1 is 1.08 bits per heavy atom. The van der Waals surface area contributed by atoms with E-state index >= 15 is 0 Å². The lowest BCUT2D eigenvalue weighted by Gasteiger charge is -2.27. The van der Waals surface area contributed by atoms with Crippen LogP contribution in [0.3, 0.4) is 0 Å². The summed E-state index contributed by atoms with van der Waals surface area (Å²) in [7, 11) is -3.64. The topological polar surface area (TPSA) is 101 Å². The second-order valence-electron chi connectivity index (χ2n) is 6.17. The highest BCUT2D eigenvalue weighted by Crippen LogP contribution is 2.19. The molecule has 8 heteroatoms. The molecule has 3 N–H and O–H groups in total. The van der Waals surface area contributed by atoms with E-state index in [1.807, 2.05) is 6.07 Å². The summed E-state index contributed by atoms with van der Waals surface area (Å²) in [5.41, 5.74) is 1.03. The summed E-state index contributed by atoms with van der Waals surface area (Å²) in [6, 6.07) is 8.60. The van der Waals surface area contributed by atoms with Crippen molar-refractivity contribution in [2.75, 3.05) is 29.9 Å². The Labute approximate surface area is 148 Å². The first-order chi connectivity index (χ1) is 12.0. The van der Waals surface area contributed by atoms with Gasteiger partial charge in [-0.3, -0.25) is 0 Å². The number of hydrogen-bond donors (Lipinski definition) is 2. The molecule has 1 aliphatic heterocycles. The van der Waals surface area contributed by atoms with Gasteiger partial charge in [0.05, 0.1) is 4.90 Å². The summed E-state index contributed by atoms with van der Waals surface area (Å²) < 4.78 is 22.5. The van der Waals surface area contributed by atoms with E-state index in [2.05, 4.69) is 20.2 Å². The molecule has 0 aliphatic carbocycles. The molecular weight excluding hydrogens is 338 g/mol. The van der Waals surface area contributed by atoms with E-state index in [1.54, 1.807) is 18.5 Å². The van der Waals surface area contributed by atoms with E-state index in [0.717, 1.165) is 36.7 Å². The minimum atomic E-state index is -3.64. The molecule has 0 atom stereocenters. The van der Waals surface area contributed by atoms with E-state index in [0.29, 0.717) is 6.54 Å². The van der Waals surface area contributed by atoms with Gasteiger partial charge in [0.2, 0.25) is 10.0 Å². The highest BCUT2D eigenvalue weighted by molar-refractivity contribution is 7.89. The van der Waals surface area contributed by atoms with Gasteiger partial charge in [0.1, 0.15) is 18.0 Å². The predicted molar refractivity (Wildman–Crippen MR) is 98.1 cm³/mol. The van der Waals surface area contributed by atoms with E-state index in [4.69, 9.17) is 5.14 Å². The van der Waals surface area contributed by atoms with Gasteiger partial charge in [-0.1, -0.05) is 12.1 Å². The van der Waals surface area contributed by atoms with Crippen molar-refractivity contribution in [2.24, 2.45) is 5.14 Å². The lowest BCUT2D eigenvalue weighted by molar-refractivity contribution is 0.573. The Kier molecular flexibility index (Phi) is 5.50. The van der Waals surface area contributed by atoms with Crippen LogP contribution in [0, 0.1) is 0 Å². The van der Waals surface area contributed by atoms with Crippen LogP contribution in [0.2, 0.25) is 0 Å². The van der Waals surface area contributed by atoms with Crippen LogP contribution in [-0.2, 0) is 16.4 Å². The van der Waals surface area contributed by atoms with Crippen molar-refractivity contribution in [1.29, 1.82) is 0 Å².